The summed E-state index contributed by atoms with van der Waals surface area (Å²) in [6.45, 7) is 7.61. The first-order valence-electron chi connectivity index (χ1n) is 6.09. The fourth-order valence-corrected chi connectivity index (χ4v) is 2.30. The Morgan fingerprint density at radius 2 is 1.58 bits per heavy atom. The highest BCUT2D eigenvalue weighted by Crippen LogP contribution is 2.43. The van der Waals surface area contributed by atoms with Gasteiger partial charge in [0.2, 0.25) is 0 Å². The van der Waals surface area contributed by atoms with Crippen LogP contribution in [0.25, 0.3) is 0 Å². The lowest BCUT2D eigenvalue weighted by molar-refractivity contribution is 0.108. The number of rotatable bonds is 7. The van der Waals surface area contributed by atoms with Crippen LogP contribution in [0.4, 0.5) is 8.78 Å². The average Bonchev–Trinajstić information content (AvgIpc) is 2.29. The first kappa shape index (κ1) is 16.4. The zero-order valence-corrected chi connectivity index (χ0v) is 12.4. The second kappa shape index (κ2) is 7.85. The van der Waals surface area contributed by atoms with Crippen LogP contribution in [0.15, 0.2) is 18.2 Å². The predicted molar refractivity (Wildman–Crippen MR) is 70.5 cm³/mol. The minimum absolute atomic E-state index is 0.0326. The molecule has 1 rings (SSSR count). The molecule has 108 valence electrons. The van der Waals surface area contributed by atoms with Gasteiger partial charge in [-0.05, 0) is 45.4 Å². The fourth-order valence-electron chi connectivity index (χ4n) is 1.19. The predicted octanol–water partition coefficient (Wildman–Crippen LogP) is 4.56. The molecule has 1 aromatic carbocycles. The maximum absolute atomic E-state index is 13.0. The van der Waals surface area contributed by atoms with E-state index in [0.717, 1.165) is 12.1 Å². The monoisotopic (exact) mass is 292 g/mol. The molecule has 0 amide bonds. The molecule has 0 spiro atoms. The van der Waals surface area contributed by atoms with Gasteiger partial charge in [-0.25, -0.2) is 8.78 Å². The summed E-state index contributed by atoms with van der Waals surface area (Å²) >= 11 is 0. The van der Waals surface area contributed by atoms with Gasteiger partial charge in [-0.3, -0.25) is 0 Å². The molecule has 0 aliphatic heterocycles. The Kier molecular flexibility index (Phi) is 6.80. The lowest BCUT2D eigenvalue weighted by Crippen LogP contribution is -2.06. The smallest absolute Gasteiger partial charge is 0.309 e. The molecule has 0 bridgehead atoms. The number of benzene rings is 1. The molecule has 0 radical (unpaired) electrons. The van der Waals surface area contributed by atoms with E-state index in [1.54, 1.807) is 0 Å². The van der Waals surface area contributed by atoms with E-state index in [1.807, 2.05) is 27.7 Å². The third-order valence-corrected chi connectivity index (χ3v) is 3.44. The molecule has 1 aromatic rings. The number of hydrogen-bond donors (Lipinski definition) is 0. The molecule has 0 saturated carbocycles. The highest BCUT2D eigenvalue weighted by atomic mass is 31.2. The van der Waals surface area contributed by atoms with E-state index in [4.69, 9.17) is 13.6 Å². The van der Waals surface area contributed by atoms with Gasteiger partial charge in [-0.2, -0.15) is 0 Å². The van der Waals surface area contributed by atoms with Crippen molar-refractivity contribution in [2.45, 2.75) is 46.5 Å². The van der Waals surface area contributed by atoms with Crippen molar-refractivity contribution in [3.05, 3.63) is 35.4 Å². The summed E-state index contributed by atoms with van der Waals surface area (Å²) in [5.74, 6) is -1.76. The van der Waals surface area contributed by atoms with Crippen LogP contribution in [0.3, 0.4) is 0 Å². The van der Waals surface area contributed by atoms with E-state index in [1.165, 1.54) is 6.07 Å². The van der Waals surface area contributed by atoms with E-state index in [9.17, 15) is 8.78 Å². The lowest BCUT2D eigenvalue weighted by atomic mass is 10.2. The van der Waals surface area contributed by atoms with Crippen LogP contribution < -0.4 is 0 Å². The van der Waals surface area contributed by atoms with E-state index < -0.39 is 20.2 Å². The van der Waals surface area contributed by atoms with Gasteiger partial charge in [0.05, 0.1) is 18.8 Å². The molecule has 0 fully saturated rings. The number of hydrogen-bond acceptors (Lipinski definition) is 3. The van der Waals surface area contributed by atoms with Crippen LogP contribution in [0, 0.1) is 11.6 Å². The second-order valence-corrected chi connectivity index (χ2v) is 5.68. The van der Waals surface area contributed by atoms with Crippen molar-refractivity contribution in [2.24, 2.45) is 0 Å². The minimum Gasteiger partial charge on any atom is -0.309 e. The molecule has 0 N–H and O–H groups in total. The first-order chi connectivity index (χ1) is 8.88. The van der Waals surface area contributed by atoms with Crippen molar-refractivity contribution in [3.8, 4) is 0 Å². The Morgan fingerprint density at radius 3 is 2.05 bits per heavy atom. The van der Waals surface area contributed by atoms with Gasteiger partial charge >= 0.3 is 8.60 Å². The van der Waals surface area contributed by atoms with Crippen molar-refractivity contribution in [2.75, 3.05) is 0 Å². The largest absolute Gasteiger partial charge is 0.333 e. The van der Waals surface area contributed by atoms with E-state index in [0.29, 0.717) is 5.56 Å². The molecule has 0 atom stereocenters. The zero-order chi connectivity index (χ0) is 14.4. The zero-order valence-electron chi connectivity index (χ0n) is 11.5. The average molecular weight is 292 g/mol. The molecular weight excluding hydrogens is 273 g/mol. The Balaban J connectivity index is 2.56. The van der Waals surface area contributed by atoms with Crippen LogP contribution in [0.1, 0.15) is 33.3 Å². The Labute approximate surface area is 113 Å². The topological polar surface area (TPSA) is 27.7 Å². The maximum atomic E-state index is 13.0. The van der Waals surface area contributed by atoms with Crippen molar-refractivity contribution in [1.82, 2.24) is 0 Å². The number of halogens is 2. The second-order valence-electron chi connectivity index (χ2n) is 4.55. The third-order valence-electron chi connectivity index (χ3n) is 1.91. The van der Waals surface area contributed by atoms with E-state index in [-0.39, 0.29) is 18.8 Å². The Hall–Kier alpha value is -0.610. The Bertz CT molecular complexity index is 389. The van der Waals surface area contributed by atoms with Gasteiger partial charge in [-0.1, -0.05) is 6.07 Å². The third kappa shape index (κ3) is 6.39. The molecular formula is C13H19F2O3P. The summed E-state index contributed by atoms with van der Waals surface area (Å²) < 4.78 is 42.3. The lowest BCUT2D eigenvalue weighted by Gasteiger charge is -2.20. The molecule has 6 heteroatoms. The quantitative estimate of drug-likeness (QED) is 0.690. The van der Waals surface area contributed by atoms with Crippen molar-refractivity contribution in [1.29, 1.82) is 0 Å². The van der Waals surface area contributed by atoms with Gasteiger partial charge in [0.1, 0.15) is 0 Å². The maximum Gasteiger partial charge on any atom is 0.333 e. The van der Waals surface area contributed by atoms with Gasteiger partial charge in [0.15, 0.2) is 11.6 Å². The highest BCUT2D eigenvalue weighted by Gasteiger charge is 2.17. The molecule has 0 heterocycles. The minimum atomic E-state index is -1.50. The highest BCUT2D eigenvalue weighted by molar-refractivity contribution is 7.41. The fraction of sp³-hybridized carbons (Fsp3) is 0.538. The molecule has 0 aromatic heterocycles. The standard InChI is InChI=1S/C13H19F2O3P/c1-9(2)17-19(18-10(3)4)16-8-11-5-6-12(14)13(15)7-11/h5-7,9-10H,8H2,1-4H3. The van der Waals surface area contributed by atoms with Crippen LogP contribution in [0.5, 0.6) is 0 Å². The molecule has 0 saturated heterocycles. The van der Waals surface area contributed by atoms with Crippen molar-refractivity contribution >= 4 is 8.60 Å². The van der Waals surface area contributed by atoms with Crippen molar-refractivity contribution in [3.63, 3.8) is 0 Å². The molecule has 0 aliphatic carbocycles. The molecule has 0 aliphatic rings. The molecule has 3 nitrogen and oxygen atoms in total. The summed E-state index contributed by atoms with van der Waals surface area (Å²) in [5, 5.41) is 0. The van der Waals surface area contributed by atoms with Crippen molar-refractivity contribution < 1.29 is 22.4 Å². The summed E-state index contributed by atoms with van der Waals surface area (Å²) in [4.78, 5) is 0. The summed E-state index contributed by atoms with van der Waals surface area (Å²) in [7, 11) is -1.50. The van der Waals surface area contributed by atoms with Crippen LogP contribution in [-0.2, 0) is 20.2 Å². The SMILES string of the molecule is CC(C)OP(OCc1ccc(F)c(F)c1)OC(C)C. The van der Waals surface area contributed by atoms with Gasteiger partial charge in [0.25, 0.3) is 0 Å². The van der Waals surface area contributed by atoms with E-state index in [2.05, 4.69) is 0 Å². The van der Waals surface area contributed by atoms with Gasteiger partial charge in [-0.15, -0.1) is 0 Å². The first-order valence-corrected chi connectivity index (χ1v) is 7.18. The van der Waals surface area contributed by atoms with Gasteiger partial charge < -0.3 is 13.6 Å². The molecule has 19 heavy (non-hydrogen) atoms. The summed E-state index contributed by atoms with van der Waals surface area (Å²) in [5.41, 5.74) is 0.533. The molecule has 0 unspecified atom stereocenters. The summed E-state index contributed by atoms with van der Waals surface area (Å²) in [6.07, 6.45) is -0.0652. The normalized spacial score (nSPS) is 11.8. The van der Waals surface area contributed by atoms with Crippen LogP contribution >= 0.6 is 8.60 Å². The van der Waals surface area contributed by atoms with Crippen LogP contribution in [-0.4, -0.2) is 12.2 Å². The summed E-state index contributed by atoms with van der Waals surface area (Å²) in [6, 6.07) is 3.65. The van der Waals surface area contributed by atoms with E-state index >= 15 is 0 Å². The van der Waals surface area contributed by atoms with Gasteiger partial charge in [0, 0.05) is 0 Å². The van der Waals surface area contributed by atoms with Crippen LogP contribution in [0.2, 0.25) is 0 Å². The Morgan fingerprint density at radius 1 is 1.00 bits per heavy atom.